The number of benzene rings is 2. The zero-order chi connectivity index (χ0) is 61.5. The summed E-state index contributed by atoms with van der Waals surface area (Å²) in [5.74, 6) is -44.2. The maximum absolute atomic E-state index is 14.6. The number of carbonyl (C=O) groups excluding carboxylic acids is 4. The summed E-state index contributed by atoms with van der Waals surface area (Å²) in [4.78, 5) is 64.5. The Morgan fingerprint density at radius 3 is 1.54 bits per heavy atom. The summed E-state index contributed by atoms with van der Waals surface area (Å²) in [5.41, 5.74) is -1.15. The first-order chi connectivity index (χ1) is 37.7. The number of amides is 3. The maximum Gasteiger partial charge on any atom is 0.460 e. The number of ether oxygens (including phenoxy) is 2. The minimum atomic E-state index is -7.19. The molecule has 33 heteroatoms. The minimum absolute atomic E-state index is 0.0250. The predicted octanol–water partition coefficient (Wildman–Crippen LogP) is 13.6. The number of halogens is 18. The first-order valence-electron chi connectivity index (χ1n) is 23.6. The van der Waals surface area contributed by atoms with Crippen LogP contribution in [-0.2, 0) is 22.3 Å². The van der Waals surface area contributed by atoms with Crippen LogP contribution < -0.4 is 16.0 Å². The quantitative estimate of drug-likeness (QED) is 0.0324. The summed E-state index contributed by atoms with van der Waals surface area (Å²) in [6.45, 7) is 8.33. The molecule has 0 saturated heterocycles. The summed E-state index contributed by atoms with van der Waals surface area (Å²) in [7, 11) is 0. The summed E-state index contributed by atoms with van der Waals surface area (Å²) in [6, 6.07) is 3.27. The second kappa shape index (κ2) is 23.4. The topological polar surface area (TPSA) is 175 Å². The number of aryl methyl sites for hydroxylation is 3. The van der Waals surface area contributed by atoms with E-state index >= 15 is 0 Å². The average Bonchev–Trinajstić information content (AvgIpc) is 3.51. The number of fused-ring (bicyclic) bond motifs is 3. The number of thiazole rings is 2. The van der Waals surface area contributed by atoms with Gasteiger partial charge in [0, 0.05) is 29.5 Å². The van der Waals surface area contributed by atoms with Crippen molar-refractivity contribution in [2.75, 3.05) is 13.2 Å². The Hall–Kier alpha value is -6.93. The molecular weight excluding hydrogens is 1190 g/mol. The Morgan fingerprint density at radius 2 is 1.07 bits per heavy atom. The van der Waals surface area contributed by atoms with Crippen LogP contribution in [0.25, 0.3) is 11.1 Å². The van der Waals surface area contributed by atoms with Gasteiger partial charge in [0.25, 0.3) is 11.8 Å². The number of nitrogens with one attached hydrogen (secondary N) is 3. The van der Waals surface area contributed by atoms with E-state index in [0.29, 0.717) is 5.01 Å². The van der Waals surface area contributed by atoms with E-state index in [4.69, 9.17) is 13.9 Å². The molecule has 3 amide bonds. The molecule has 1 aliphatic carbocycles. The molecule has 448 valence electrons. The molecule has 6 rings (SSSR count). The second-order valence-corrected chi connectivity index (χ2v) is 20.2. The number of esters is 1. The van der Waals surface area contributed by atoms with Crippen LogP contribution >= 0.6 is 22.7 Å². The molecule has 0 saturated carbocycles. The Kier molecular flexibility index (Phi) is 18.3. The van der Waals surface area contributed by atoms with Crippen LogP contribution in [0.15, 0.2) is 64.2 Å². The third kappa shape index (κ3) is 12.8. The van der Waals surface area contributed by atoms with Crippen LogP contribution in [0.2, 0.25) is 0 Å². The van der Waals surface area contributed by atoms with Gasteiger partial charge in [0.15, 0.2) is 11.4 Å². The highest BCUT2D eigenvalue weighted by molar-refractivity contribution is 7.10. The van der Waals surface area contributed by atoms with Crippen LogP contribution in [-0.4, -0.2) is 99.9 Å². The molecule has 2 aromatic carbocycles. The second-order valence-electron chi connectivity index (χ2n) is 18.4. The molecule has 3 atom stereocenters. The number of hydrogen-bond donors (Lipinski definition) is 3. The predicted molar refractivity (Wildman–Crippen MR) is 253 cm³/mol. The van der Waals surface area contributed by atoms with Crippen LogP contribution in [0.3, 0.4) is 0 Å². The van der Waals surface area contributed by atoms with Crippen LogP contribution in [0.5, 0.6) is 0 Å². The molecule has 1 aliphatic rings. The van der Waals surface area contributed by atoms with Gasteiger partial charge in [-0.05, 0) is 73.9 Å². The molecule has 3 N–H and O–H groups in total. The summed E-state index contributed by atoms with van der Waals surface area (Å²) in [5, 5.41) is 11.2. The number of alkyl halides is 18. The molecule has 13 nitrogen and oxygen atoms in total. The molecule has 0 radical (unpaired) electrons. The van der Waals surface area contributed by atoms with Crippen LogP contribution in [0.1, 0.15) is 133 Å². The molecule has 0 unspecified atom stereocenters. The molecule has 0 spiro atoms. The van der Waals surface area contributed by atoms with E-state index in [2.05, 4.69) is 37.5 Å². The maximum atomic E-state index is 14.6. The normalized spacial score (nSPS) is 14.8. The molecule has 82 heavy (non-hydrogen) atoms. The summed E-state index contributed by atoms with van der Waals surface area (Å²) in [6.07, 6.45) is -21.4. The van der Waals surface area contributed by atoms with E-state index in [1.807, 2.05) is 0 Å². The van der Waals surface area contributed by atoms with Crippen molar-refractivity contribution in [2.24, 2.45) is 0 Å². The van der Waals surface area contributed by atoms with Gasteiger partial charge in [0.1, 0.15) is 40.7 Å². The zero-order valence-electron chi connectivity index (χ0n) is 42.3. The van der Waals surface area contributed by atoms with Gasteiger partial charge in [-0.1, -0.05) is 49.1 Å². The highest BCUT2D eigenvalue weighted by Gasteiger charge is 2.82. The number of rotatable bonds is 23. The zero-order valence-corrected chi connectivity index (χ0v) is 43.9. The molecule has 0 fully saturated rings. The number of alkyl carbamates (subject to hydrolysis) is 1. The van der Waals surface area contributed by atoms with Crippen molar-refractivity contribution in [3.05, 3.63) is 121 Å². The molecule has 5 aromatic rings. The highest BCUT2D eigenvalue weighted by atomic mass is 32.1. The molecule has 0 aliphatic heterocycles. The Morgan fingerprint density at radius 1 is 0.622 bits per heavy atom. The van der Waals surface area contributed by atoms with Gasteiger partial charge in [-0.2, -0.15) is 79.0 Å². The van der Waals surface area contributed by atoms with Gasteiger partial charge in [0.2, 0.25) is 5.89 Å². The van der Waals surface area contributed by atoms with Crippen molar-refractivity contribution >= 4 is 46.6 Å². The fourth-order valence-corrected chi connectivity index (χ4v) is 9.57. The van der Waals surface area contributed by atoms with Crippen molar-refractivity contribution in [1.29, 1.82) is 0 Å². The molecular formula is C49H42F18N6O7S2. The van der Waals surface area contributed by atoms with E-state index in [0.717, 1.165) is 59.1 Å². The fourth-order valence-electron chi connectivity index (χ4n) is 7.97. The average molecular weight is 1230 g/mol. The fraction of sp³-hybridized carbons (Fsp3) is 0.449. The number of oxazole rings is 1. The molecule has 0 bridgehead atoms. The lowest BCUT2D eigenvalue weighted by molar-refractivity contribution is -0.396. The van der Waals surface area contributed by atoms with Gasteiger partial charge in [0.05, 0.1) is 12.1 Å². The van der Waals surface area contributed by atoms with E-state index in [-0.39, 0.29) is 62.6 Å². The lowest BCUT2D eigenvalue weighted by Gasteiger charge is -2.33. The van der Waals surface area contributed by atoms with Gasteiger partial charge in [-0.25, -0.2) is 24.5 Å². The van der Waals surface area contributed by atoms with Crippen LogP contribution in [0, 0.1) is 6.92 Å². The van der Waals surface area contributed by atoms with E-state index in [9.17, 15) is 98.2 Å². The first-order valence-corrected chi connectivity index (χ1v) is 25.3. The van der Waals surface area contributed by atoms with Crippen molar-refractivity contribution in [2.45, 2.75) is 125 Å². The third-order valence-electron chi connectivity index (χ3n) is 12.5. The van der Waals surface area contributed by atoms with Gasteiger partial charge in [-0.3, -0.25) is 9.59 Å². The van der Waals surface area contributed by atoms with E-state index in [1.165, 1.54) is 37.6 Å². The van der Waals surface area contributed by atoms with Crippen molar-refractivity contribution in [1.82, 2.24) is 30.9 Å². The monoisotopic (exact) mass is 1230 g/mol. The van der Waals surface area contributed by atoms with E-state index < -0.39 is 139 Å². The van der Waals surface area contributed by atoms with Gasteiger partial charge >= 0.3 is 60.0 Å². The summed E-state index contributed by atoms with van der Waals surface area (Å²) >= 11 is 2.11. The SMILES string of the molecule is C=CCOC(=O)c1csc([C@H](C)NC(=O)c2csc([C@H](C)NC(=O)c3nc([C@H](C)NC(=O)OCC4c5cc(CCC(F)(F)C(F)(F)C(F)(F)C(F)(F)F)ccc5-c5ccc(CCC(F)(F)C(F)(F)C(F)(F)C(F)(F)F)cc54)oc3C)n2)n1. The molecule has 3 aromatic heterocycles. The number of carbonyl (C=O) groups is 4. The molecule has 3 heterocycles. The Labute approximate surface area is 458 Å². The highest BCUT2D eigenvalue weighted by Crippen LogP contribution is 2.56. The number of nitrogens with zero attached hydrogens (tertiary/aromatic N) is 3. The third-order valence-corrected chi connectivity index (χ3v) is 14.6. The Balaban J connectivity index is 1.15. The van der Waals surface area contributed by atoms with E-state index in [1.54, 1.807) is 6.92 Å². The lowest BCUT2D eigenvalue weighted by atomic mass is 9.92. The minimum Gasteiger partial charge on any atom is -0.457 e. The van der Waals surface area contributed by atoms with Gasteiger partial charge in [-0.15, -0.1) is 22.7 Å². The summed E-state index contributed by atoms with van der Waals surface area (Å²) < 4.78 is 262. The lowest BCUT2D eigenvalue weighted by Crippen LogP contribution is -2.60. The standard InChI is InChI=1S/C49H42F18N6O7S2/c1-6-15-78-40(76)33-20-82-39(72-33)22(3)68-35(74)32-19-81-38(71-32)23(4)69-36(75)34-24(5)80-37(73-34)21(2)70-41(77)79-18-31-29-16-25(11-13-42(50,51)44(54,55)46(58,59)48(62,63)64)7-9-27(29)28-10-8-26(17-30(28)31)12-14-43(52,53)45(56,57)47(60,61)49(65,66)67/h6-10,16-17,19-23,31H,1,11-15,18H2,2-5H3,(H,68,74)(H,69,75)(H,70,77)/t21-,22-,23-/m0/s1. The smallest absolute Gasteiger partial charge is 0.457 e. The number of aromatic nitrogens is 3. The number of hydrogen-bond acceptors (Lipinski definition) is 12. The van der Waals surface area contributed by atoms with Crippen molar-refractivity contribution in [3.8, 4) is 11.1 Å². The Bertz CT molecular complexity index is 3090. The van der Waals surface area contributed by atoms with Crippen LogP contribution in [0.4, 0.5) is 83.8 Å². The largest absolute Gasteiger partial charge is 0.460 e. The van der Waals surface area contributed by atoms with Crippen molar-refractivity contribution in [3.63, 3.8) is 0 Å². The van der Waals surface area contributed by atoms with Gasteiger partial charge < -0.3 is 29.8 Å². The first kappa shape index (κ1) is 64.2. The van der Waals surface area contributed by atoms with Crippen molar-refractivity contribution < 1.29 is 112 Å².